The summed E-state index contributed by atoms with van der Waals surface area (Å²) in [5.74, 6) is 1.73. The zero-order chi connectivity index (χ0) is 15.2. The van der Waals surface area contributed by atoms with Crippen molar-refractivity contribution in [1.29, 1.82) is 0 Å². The first-order valence-electron chi connectivity index (χ1n) is 7.41. The molecule has 1 fully saturated rings. The van der Waals surface area contributed by atoms with Gasteiger partial charge in [0.1, 0.15) is 11.8 Å². The molecule has 6 heteroatoms. The number of nitrogens with one attached hydrogen (secondary N) is 1. The Morgan fingerprint density at radius 3 is 3.00 bits per heavy atom. The van der Waals surface area contributed by atoms with E-state index in [1.807, 2.05) is 6.92 Å². The van der Waals surface area contributed by atoms with E-state index in [-0.39, 0.29) is 17.9 Å². The molecule has 2 rings (SSSR count). The van der Waals surface area contributed by atoms with Crippen LogP contribution in [-0.2, 0) is 11.2 Å². The third-order valence-corrected chi connectivity index (χ3v) is 4.58. The van der Waals surface area contributed by atoms with Crippen LogP contribution in [0.1, 0.15) is 42.8 Å². The van der Waals surface area contributed by atoms with Gasteiger partial charge in [-0.1, -0.05) is 20.3 Å². The number of aryl methyl sites for hydroxylation is 1. The van der Waals surface area contributed by atoms with Gasteiger partial charge >= 0.3 is 0 Å². The molecule has 1 N–H and O–H groups in total. The molecule has 0 bridgehead atoms. The quantitative estimate of drug-likeness (QED) is 0.819. The highest BCUT2D eigenvalue weighted by molar-refractivity contribution is 7.99. The molecule has 0 saturated carbocycles. The van der Waals surface area contributed by atoms with Crippen molar-refractivity contribution in [2.75, 3.05) is 18.2 Å². The summed E-state index contributed by atoms with van der Waals surface area (Å²) >= 11 is 1.61. The van der Waals surface area contributed by atoms with E-state index in [1.54, 1.807) is 22.7 Å². The molecule has 2 heterocycles. The zero-order valence-electron chi connectivity index (χ0n) is 12.6. The van der Waals surface area contributed by atoms with Crippen LogP contribution in [0, 0.1) is 0 Å². The molecule has 0 spiro atoms. The van der Waals surface area contributed by atoms with Crippen molar-refractivity contribution in [2.24, 2.45) is 0 Å². The first-order valence-corrected chi connectivity index (χ1v) is 8.57. The second-order valence-corrected chi connectivity index (χ2v) is 6.05. The van der Waals surface area contributed by atoms with Gasteiger partial charge < -0.3 is 14.6 Å². The molecule has 21 heavy (non-hydrogen) atoms. The summed E-state index contributed by atoms with van der Waals surface area (Å²) in [5.41, 5.74) is 0.575. The maximum absolute atomic E-state index is 12.6. The van der Waals surface area contributed by atoms with Crippen molar-refractivity contribution >= 4 is 23.6 Å². The summed E-state index contributed by atoms with van der Waals surface area (Å²) in [7, 11) is 0. The Morgan fingerprint density at radius 2 is 2.29 bits per heavy atom. The fourth-order valence-electron chi connectivity index (χ4n) is 2.33. The van der Waals surface area contributed by atoms with E-state index in [1.165, 1.54) is 6.26 Å². The number of carbonyl (C=O) groups is 2. The molecule has 5 nitrogen and oxygen atoms in total. The lowest BCUT2D eigenvalue weighted by molar-refractivity contribution is -0.124. The van der Waals surface area contributed by atoms with Gasteiger partial charge in [0.2, 0.25) is 5.91 Å². The van der Waals surface area contributed by atoms with Crippen LogP contribution >= 0.6 is 11.8 Å². The Hall–Kier alpha value is -1.43. The maximum atomic E-state index is 12.6. The highest BCUT2D eigenvalue weighted by atomic mass is 32.2. The van der Waals surface area contributed by atoms with E-state index < -0.39 is 0 Å². The molecule has 0 aliphatic carbocycles. The zero-order valence-corrected chi connectivity index (χ0v) is 13.4. The van der Waals surface area contributed by atoms with Crippen LogP contribution in [0.25, 0.3) is 0 Å². The van der Waals surface area contributed by atoms with E-state index in [4.69, 9.17) is 4.42 Å². The average molecular weight is 310 g/mol. The number of amides is 2. The standard InChI is InChI=1S/C15H22N2O3S/c1-3-5-7-16-14(18)12-9-21-10-17(12)15(19)11-6-8-20-13(11)4-2/h6,8,12H,3-5,7,9-10H2,1-2H3,(H,16,18). The number of hydrogen-bond acceptors (Lipinski definition) is 4. The van der Waals surface area contributed by atoms with E-state index in [2.05, 4.69) is 12.2 Å². The first kappa shape index (κ1) is 15.9. The Labute approximate surface area is 129 Å². The number of unbranched alkanes of at least 4 members (excludes halogenated alkanes) is 1. The van der Waals surface area contributed by atoms with E-state index >= 15 is 0 Å². The van der Waals surface area contributed by atoms with Gasteiger partial charge in [-0.15, -0.1) is 11.8 Å². The van der Waals surface area contributed by atoms with Gasteiger partial charge in [0, 0.05) is 18.7 Å². The molecule has 1 aromatic heterocycles. The summed E-state index contributed by atoms with van der Waals surface area (Å²) < 4.78 is 5.31. The summed E-state index contributed by atoms with van der Waals surface area (Å²) in [5, 5.41) is 2.91. The predicted octanol–water partition coefficient (Wildman–Crippen LogP) is 2.27. The van der Waals surface area contributed by atoms with E-state index in [0.29, 0.717) is 35.9 Å². The second-order valence-electron chi connectivity index (χ2n) is 5.05. The van der Waals surface area contributed by atoms with Crippen LogP contribution in [0.2, 0.25) is 0 Å². The van der Waals surface area contributed by atoms with Crippen LogP contribution in [0.15, 0.2) is 16.7 Å². The van der Waals surface area contributed by atoms with Gasteiger partial charge in [-0.3, -0.25) is 9.59 Å². The van der Waals surface area contributed by atoms with Crippen LogP contribution in [0.3, 0.4) is 0 Å². The first-order chi connectivity index (χ1) is 10.2. The molecular weight excluding hydrogens is 288 g/mol. The average Bonchev–Trinajstić information content (AvgIpc) is 3.15. The van der Waals surface area contributed by atoms with Gasteiger partial charge in [-0.25, -0.2) is 0 Å². The number of furan rings is 1. The van der Waals surface area contributed by atoms with E-state index in [9.17, 15) is 9.59 Å². The number of rotatable bonds is 6. The van der Waals surface area contributed by atoms with Crippen molar-refractivity contribution in [3.05, 3.63) is 23.7 Å². The van der Waals surface area contributed by atoms with Crippen molar-refractivity contribution in [1.82, 2.24) is 10.2 Å². The van der Waals surface area contributed by atoms with Crippen molar-refractivity contribution in [3.8, 4) is 0 Å². The Kier molecular flexibility index (Phi) is 5.73. The maximum Gasteiger partial charge on any atom is 0.258 e. The Morgan fingerprint density at radius 1 is 1.48 bits per heavy atom. The van der Waals surface area contributed by atoms with Gasteiger partial charge in [0.15, 0.2) is 0 Å². The smallest absolute Gasteiger partial charge is 0.258 e. The highest BCUT2D eigenvalue weighted by Crippen LogP contribution is 2.25. The highest BCUT2D eigenvalue weighted by Gasteiger charge is 2.35. The second kappa shape index (κ2) is 7.54. The van der Waals surface area contributed by atoms with Crippen molar-refractivity contribution < 1.29 is 14.0 Å². The number of thioether (sulfide) groups is 1. The lowest BCUT2D eigenvalue weighted by atomic mass is 10.1. The molecule has 116 valence electrons. The van der Waals surface area contributed by atoms with Gasteiger partial charge in [0.05, 0.1) is 17.7 Å². The molecule has 2 amide bonds. The molecule has 0 aromatic carbocycles. The lowest BCUT2D eigenvalue weighted by Gasteiger charge is -2.23. The van der Waals surface area contributed by atoms with Crippen LogP contribution in [-0.4, -0.2) is 40.9 Å². The molecule has 1 atom stereocenters. The molecule has 1 unspecified atom stereocenters. The molecule has 1 saturated heterocycles. The monoisotopic (exact) mass is 310 g/mol. The predicted molar refractivity (Wildman–Crippen MR) is 83.3 cm³/mol. The molecule has 1 aliphatic heterocycles. The van der Waals surface area contributed by atoms with Crippen LogP contribution in [0.5, 0.6) is 0 Å². The minimum atomic E-state index is -0.376. The third kappa shape index (κ3) is 3.61. The van der Waals surface area contributed by atoms with Gasteiger partial charge in [-0.2, -0.15) is 0 Å². The number of carbonyl (C=O) groups excluding carboxylic acids is 2. The lowest BCUT2D eigenvalue weighted by Crippen LogP contribution is -2.47. The minimum absolute atomic E-state index is 0.0525. The summed E-state index contributed by atoms with van der Waals surface area (Å²) in [4.78, 5) is 26.5. The molecule has 0 radical (unpaired) electrons. The summed E-state index contributed by atoms with van der Waals surface area (Å²) in [6.45, 7) is 4.70. The van der Waals surface area contributed by atoms with E-state index in [0.717, 1.165) is 12.8 Å². The van der Waals surface area contributed by atoms with Crippen LogP contribution < -0.4 is 5.32 Å². The van der Waals surface area contributed by atoms with Crippen molar-refractivity contribution in [2.45, 2.75) is 39.2 Å². The van der Waals surface area contributed by atoms with Gasteiger partial charge in [-0.05, 0) is 12.5 Å². The fraction of sp³-hybridized carbons (Fsp3) is 0.600. The fourth-order valence-corrected chi connectivity index (χ4v) is 3.48. The Balaban J connectivity index is 2.04. The number of nitrogens with zero attached hydrogens (tertiary/aromatic N) is 1. The van der Waals surface area contributed by atoms with Crippen LogP contribution in [0.4, 0.5) is 0 Å². The molecule has 1 aliphatic rings. The van der Waals surface area contributed by atoms with Crippen molar-refractivity contribution in [3.63, 3.8) is 0 Å². The number of hydrogen-bond donors (Lipinski definition) is 1. The summed E-state index contributed by atoms with van der Waals surface area (Å²) in [6, 6.07) is 1.31. The topological polar surface area (TPSA) is 62.6 Å². The Bertz CT molecular complexity index is 501. The largest absolute Gasteiger partial charge is 0.469 e. The molecule has 1 aromatic rings. The van der Waals surface area contributed by atoms with Gasteiger partial charge in [0.25, 0.3) is 5.91 Å². The minimum Gasteiger partial charge on any atom is -0.469 e. The summed E-state index contributed by atoms with van der Waals surface area (Å²) in [6.07, 6.45) is 4.20. The molecular formula is C15H22N2O3S. The third-order valence-electron chi connectivity index (χ3n) is 3.57. The SMILES string of the molecule is CCCCNC(=O)C1CSCN1C(=O)c1ccoc1CC. The normalized spacial score (nSPS) is 18.0.